The lowest BCUT2D eigenvalue weighted by atomic mass is 10.2. The van der Waals surface area contributed by atoms with Gasteiger partial charge in [0, 0.05) is 10.9 Å². The van der Waals surface area contributed by atoms with Crippen molar-refractivity contribution in [2.45, 2.75) is 5.75 Å². The topological polar surface area (TPSA) is 73.1 Å². The molecule has 4 nitrogen and oxygen atoms in total. The minimum absolute atomic E-state index is 0.273. The molecule has 8 heteroatoms. The van der Waals surface area contributed by atoms with Crippen LogP contribution in [0.5, 0.6) is 0 Å². The Labute approximate surface area is 118 Å². The van der Waals surface area contributed by atoms with E-state index in [1.54, 1.807) is 23.6 Å². The van der Waals surface area contributed by atoms with Crippen LogP contribution in [0.1, 0.15) is 5.69 Å². The Morgan fingerprint density at radius 3 is 2.61 bits per heavy atom. The number of hydrogen-bond acceptors (Lipinski definition) is 4. The van der Waals surface area contributed by atoms with E-state index in [9.17, 15) is 8.42 Å². The molecule has 18 heavy (non-hydrogen) atoms. The summed E-state index contributed by atoms with van der Waals surface area (Å²) in [5, 5.41) is 8.17. The Kier molecular flexibility index (Phi) is 3.93. The van der Waals surface area contributed by atoms with Gasteiger partial charge in [0.15, 0.2) is 0 Å². The predicted octanol–water partition coefficient (Wildman–Crippen LogP) is 2.91. The smallest absolute Gasteiger partial charge is 0.214 e. The van der Waals surface area contributed by atoms with Crippen molar-refractivity contribution in [2.75, 3.05) is 0 Å². The van der Waals surface area contributed by atoms with Crippen molar-refractivity contribution in [1.29, 1.82) is 0 Å². The molecule has 0 saturated heterocycles. The van der Waals surface area contributed by atoms with Crippen LogP contribution in [0.25, 0.3) is 10.6 Å². The molecular formula is C10H8Cl2N2O2S2. The Balaban J connectivity index is 2.32. The Morgan fingerprint density at radius 2 is 2.00 bits per heavy atom. The maximum absolute atomic E-state index is 10.9. The van der Waals surface area contributed by atoms with Crippen molar-refractivity contribution in [3.05, 3.63) is 39.3 Å². The van der Waals surface area contributed by atoms with Gasteiger partial charge in [-0.15, -0.1) is 11.3 Å². The quantitative estimate of drug-likeness (QED) is 0.944. The van der Waals surface area contributed by atoms with E-state index in [0.717, 1.165) is 5.56 Å². The predicted molar refractivity (Wildman–Crippen MR) is 74.4 cm³/mol. The fourth-order valence-electron chi connectivity index (χ4n) is 1.34. The highest BCUT2D eigenvalue weighted by molar-refractivity contribution is 7.88. The number of halogens is 2. The van der Waals surface area contributed by atoms with Crippen molar-refractivity contribution in [1.82, 2.24) is 4.98 Å². The van der Waals surface area contributed by atoms with Crippen LogP contribution in [0.4, 0.5) is 0 Å². The number of benzene rings is 1. The van der Waals surface area contributed by atoms with Gasteiger partial charge in [-0.1, -0.05) is 29.3 Å². The van der Waals surface area contributed by atoms with Crippen molar-refractivity contribution in [3.63, 3.8) is 0 Å². The summed E-state index contributed by atoms with van der Waals surface area (Å²) in [7, 11) is -3.56. The van der Waals surface area contributed by atoms with Gasteiger partial charge in [0.2, 0.25) is 10.0 Å². The Hall–Kier alpha value is -0.660. The molecule has 0 fully saturated rings. The molecule has 96 valence electrons. The molecule has 2 rings (SSSR count). The van der Waals surface area contributed by atoms with Gasteiger partial charge in [0.1, 0.15) is 10.8 Å². The Bertz CT molecular complexity index is 683. The molecule has 0 atom stereocenters. The minimum atomic E-state index is -3.56. The number of primary sulfonamides is 1. The fourth-order valence-corrected chi connectivity index (χ4v) is 3.12. The lowest BCUT2D eigenvalue weighted by Crippen LogP contribution is -2.14. The third kappa shape index (κ3) is 3.43. The second kappa shape index (κ2) is 5.14. The van der Waals surface area contributed by atoms with E-state index < -0.39 is 10.0 Å². The molecule has 1 aromatic carbocycles. The molecule has 1 heterocycles. The third-order valence-corrected chi connectivity index (χ3v) is 4.44. The van der Waals surface area contributed by atoms with Gasteiger partial charge in [0.25, 0.3) is 0 Å². The average Bonchev–Trinajstić information content (AvgIpc) is 2.68. The second-order valence-corrected chi connectivity index (χ2v) is 6.87. The highest BCUT2D eigenvalue weighted by Gasteiger charge is 2.11. The number of nitrogens with zero attached hydrogens (tertiary/aromatic N) is 1. The molecule has 2 aromatic rings. The third-order valence-electron chi connectivity index (χ3n) is 2.07. The molecule has 0 aliphatic carbocycles. The average molecular weight is 323 g/mol. The number of nitrogens with two attached hydrogens (primary N) is 1. The summed E-state index contributed by atoms with van der Waals surface area (Å²) in [4.78, 5) is 4.19. The van der Waals surface area contributed by atoms with Crippen LogP contribution in [0.3, 0.4) is 0 Å². The van der Waals surface area contributed by atoms with Crippen LogP contribution in [-0.2, 0) is 15.8 Å². The van der Waals surface area contributed by atoms with Gasteiger partial charge in [-0.3, -0.25) is 0 Å². The number of sulfonamides is 1. The van der Waals surface area contributed by atoms with Gasteiger partial charge >= 0.3 is 0 Å². The van der Waals surface area contributed by atoms with Crippen molar-refractivity contribution in [3.8, 4) is 10.6 Å². The summed E-state index contributed by atoms with van der Waals surface area (Å²) in [6.45, 7) is 0. The van der Waals surface area contributed by atoms with E-state index in [-0.39, 0.29) is 5.75 Å². The molecule has 0 amide bonds. The molecule has 0 saturated carbocycles. The SMILES string of the molecule is NS(=O)(=O)Cc1csc(-c2ccc(Cl)c(Cl)c2)n1. The zero-order valence-electron chi connectivity index (χ0n) is 8.93. The molecule has 0 radical (unpaired) electrons. The molecule has 0 aliphatic heterocycles. The molecular weight excluding hydrogens is 315 g/mol. The van der Waals surface area contributed by atoms with Gasteiger partial charge in [-0.25, -0.2) is 18.5 Å². The van der Waals surface area contributed by atoms with Crippen LogP contribution in [-0.4, -0.2) is 13.4 Å². The highest BCUT2D eigenvalue weighted by atomic mass is 35.5. The van der Waals surface area contributed by atoms with Crippen LogP contribution >= 0.6 is 34.5 Å². The summed E-state index contributed by atoms with van der Waals surface area (Å²) in [6.07, 6.45) is 0. The maximum atomic E-state index is 10.9. The van der Waals surface area contributed by atoms with Gasteiger partial charge in [-0.2, -0.15) is 0 Å². The molecule has 0 unspecified atom stereocenters. The van der Waals surface area contributed by atoms with E-state index in [4.69, 9.17) is 28.3 Å². The summed E-state index contributed by atoms with van der Waals surface area (Å²) < 4.78 is 21.9. The zero-order valence-corrected chi connectivity index (χ0v) is 12.1. The van der Waals surface area contributed by atoms with E-state index in [1.807, 2.05) is 0 Å². The second-order valence-electron chi connectivity index (χ2n) is 3.58. The van der Waals surface area contributed by atoms with Gasteiger partial charge < -0.3 is 0 Å². The van der Waals surface area contributed by atoms with E-state index in [1.165, 1.54) is 11.3 Å². The lowest BCUT2D eigenvalue weighted by molar-refractivity contribution is 0.596. The molecule has 0 bridgehead atoms. The maximum Gasteiger partial charge on any atom is 0.214 e. The van der Waals surface area contributed by atoms with Crippen LogP contribution in [0.15, 0.2) is 23.6 Å². The van der Waals surface area contributed by atoms with Crippen LogP contribution in [0, 0.1) is 0 Å². The molecule has 2 N–H and O–H groups in total. The lowest BCUT2D eigenvalue weighted by Gasteiger charge is -1.99. The number of hydrogen-bond donors (Lipinski definition) is 1. The van der Waals surface area contributed by atoms with Gasteiger partial charge in [-0.05, 0) is 12.1 Å². The van der Waals surface area contributed by atoms with Crippen molar-refractivity contribution >= 4 is 44.6 Å². The fraction of sp³-hybridized carbons (Fsp3) is 0.100. The Morgan fingerprint density at radius 1 is 1.28 bits per heavy atom. The van der Waals surface area contributed by atoms with E-state index in [0.29, 0.717) is 20.7 Å². The molecule has 0 spiro atoms. The first kappa shape index (κ1) is 13.8. The minimum Gasteiger partial charge on any atom is -0.240 e. The highest BCUT2D eigenvalue weighted by Crippen LogP contribution is 2.30. The molecule has 1 aromatic heterocycles. The van der Waals surface area contributed by atoms with E-state index >= 15 is 0 Å². The summed E-state index contributed by atoms with van der Waals surface area (Å²) in [5.74, 6) is -0.273. The van der Waals surface area contributed by atoms with Gasteiger partial charge in [0.05, 0.1) is 15.7 Å². The first-order valence-electron chi connectivity index (χ1n) is 4.75. The first-order chi connectivity index (χ1) is 8.35. The number of thiazole rings is 1. The largest absolute Gasteiger partial charge is 0.240 e. The zero-order chi connectivity index (χ0) is 13.3. The first-order valence-corrected chi connectivity index (χ1v) is 8.10. The van der Waals surface area contributed by atoms with Crippen LogP contribution < -0.4 is 5.14 Å². The number of aromatic nitrogens is 1. The monoisotopic (exact) mass is 322 g/mol. The molecule has 0 aliphatic rings. The summed E-state index contributed by atoms with van der Waals surface area (Å²) in [5.41, 5.74) is 1.21. The van der Waals surface area contributed by atoms with Crippen molar-refractivity contribution < 1.29 is 8.42 Å². The summed E-state index contributed by atoms with van der Waals surface area (Å²) >= 11 is 13.0. The van der Waals surface area contributed by atoms with Crippen molar-refractivity contribution in [2.24, 2.45) is 5.14 Å². The van der Waals surface area contributed by atoms with E-state index in [2.05, 4.69) is 4.98 Å². The summed E-state index contributed by atoms with van der Waals surface area (Å²) in [6, 6.07) is 5.12. The standard InChI is InChI=1S/C10H8Cl2N2O2S2/c11-8-2-1-6(3-9(8)12)10-14-7(4-17-10)5-18(13,15)16/h1-4H,5H2,(H2,13,15,16). The van der Waals surface area contributed by atoms with Crippen LogP contribution in [0.2, 0.25) is 10.0 Å². The normalized spacial score (nSPS) is 11.7. The number of rotatable bonds is 3.